The highest BCUT2D eigenvalue weighted by Crippen LogP contribution is 2.29. The van der Waals surface area contributed by atoms with Gasteiger partial charge in [0, 0.05) is 11.6 Å². The second-order valence-corrected chi connectivity index (χ2v) is 6.05. The zero-order valence-corrected chi connectivity index (χ0v) is 16.4. The van der Waals surface area contributed by atoms with E-state index in [1.54, 1.807) is 56.7 Å². The van der Waals surface area contributed by atoms with E-state index in [1.807, 2.05) is 30.3 Å². The lowest BCUT2D eigenvalue weighted by molar-refractivity contribution is 0.102. The van der Waals surface area contributed by atoms with Crippen molar-refractivity contribution in [2.24, 2.45) is 0 Å². The van der Waals surface area contributed by atoms with Crippen LogP contribution < -0.4 is 24.3 Å². The number of carbonyl (C=O) groups is 1. The maximum atomic E-state index is 12.5. The quantitative estimate of drug-likeness (QED) is 0.546. The topological polar surface area (TPSA) is 66.0 Å². The van der Waals surface area contributed by atoms with Crippen LogP contribution >= 0.6 is 0 Å². The Hall–Kier alpha value is -3.67. The summed E-state index contributed by atoms with van der Waals surface area (Å²) in [5, 5.41) is 2.84. The molecule has 0 aliphatic heterocycles. The van der Waals surface area contributed by atoms with E-state index in [2.05, 4.69) is 5.32 Å². The number of anilines is 1. The Morgan fingerprint density at radius 2 is 1.38 bits per heavy atom. The van der Waals surface area contributed by atoms with Crippen LogP contribution in [-0.2, 0) is 0 Å². The molecule has 0 atom stereocenters. The minimum atomic E-state index is -0.254. The Kier molecular flexibility index (Phi) is 6.95. The third-order valence-corrected chi connectivity index (χ3v) is 4.14. The van der Waals surface area contributed by atoms with Gasteiger partial charge in [-0.15, -0.1) is 0 Å². The van der Waals surface area contributed by atoms with E-state index in [0.29, 0.717) is 41.7 Å². The monoisotopic (exact) mass is 393 g/mol. The van der Waals surface area contributed by atoms with Gasteiger partial charge in [-0.05, 0) is 48.5 Å². The van der Waals surface area contributed by atoms with E-state index in [0.717, 1.165) is 5.75 Å². The van der Waals surface area contributed by atoms with Gasteiger partial charge in [-0.2, -0.15) is 0 Å². The summed E-state index contributed by atoms with van der Waals surface area (Å²) >= 11 is 0. The van der Waals surface area contributed by atoms with Crippen LogP contribution in [-0.4, -0.2) is 33.3 Å². The summed E-state index contributed by atoms with van der Waals surface area (Å²) in [6.07, 6.45) is 0. The van der Waals surface area contributed by atoms with Crippen LogP contribution in [0.3, 0.4) is 0 Å². The fourth-order valence-corrected chi connectivity index (χ4v) is 2.64. The number of methoxy groups -OCH3 is 2. The minimum Gasteiger partial charge on any atom is -0.497 e. The minimum absolute atomic E-state index is 0.254. The molecule has 0 saturated carbocycles. The smallest absolute Gasteiger partial charge is 0.255 e. The van der Waals surface area contributed by atoms with Gasteiger partial charge in [0.05, 0.1) is 19.9 Å². The molecule has 29 heavy (non-hydrogen) atoms. The van der Waals surface area contributed by atoms with Crippen molar-refractivity contribution in [3.8, 4) is 23.0 Å². The number of hydrogen-bond donors (Lipinski definition) is 1. The van der Waals surface area contributed by atoms with Gasteiger partial charge in [-0.25, -0.2) is 0 Å². The molecule has 0 spiro atoms. The van der Waals surface area contributed by atoms with Crippen molar-refractivity contribution in [2.75, 3.05) is 32.8 Å². The van der Waals surface area contributed by atoms with Gasteiger partial charge in [0.1, 0.15) is 36.2 Å². The van der Waals surface area contributed by atoms with Crippen molar-refractivity contribution >= 4 is 11.6 Å². The molecular weight excluding hydrogens is 370 g/mol. The normalized spacial score (nSPS) is 10.1. The van der Waals surface area contributed by atoms with Crippen molar-refractivity contribution in [3.63, 3.8) is 0 Å². The van der Waals surface area contributed by atoms with E-state index in [-0.39, 0.29) is 5.91 Å². The maximum Gasteiger partial charge on any atom is 0.255 e. The van der Waals surface area contributed by atoms with Gasteiger partial charge >= 0.3 is 0 Å². The zero-order valence-electron chi connectivity index (χ0n) is 16.4. The fourth-order valence-electron chi connectivity index (χ4n) is 2.64. The average Bonchev–Trinajstić information content (AvgIpc) is 2.77. The number of benzene rings is 3. The number of rotatable bonds is 9. The second-order valence-electron chi connectivity index (χ2n) is 6.05. The van der Waals surface area contributed by atoms with E-state index >= 15 is 0 Å². The molecule has 3 aromatic carbocycles. The molecule has 0 aromatic heterocycles. The summed E-state index contributed by atoms with van der Waals surface area (Å²) < 4.78 is 21.7. The van der Waals surface area contributed by atoms with Crippen LogP contribution in [0.25, 0.3) is 0 Å². The van der Waals surface area contributed by atoms with E-state index in [1.165, 1.54) is 0 Å². The van der Waals surface area contributed by atoms with Gasteiger partial charge in [0.2, 0.25) is 0 Å². The second kappa shape index (κ2) is 10.0. The van der Waals surface area contributed by atoms with E-state index in [9.17, 15) is 4.79 Å². The van der Waals surface area contributed by atoms with Crippen LogP contribution in [0.1, 0.15) is 10.4 Å². The van der Waals surface area contributed by atoms with Crippen molar-refractivity contribution in [1.29, 1.82) is 0 Å². The fraction of sp³-hybridized carbons (Fsp3) is 0.174. The van der Waals surface area contributed by atoms with Crippen LogP contribution in [0.15, 0.2) is 72.8 Å². The molecule has 0 aliphatic carbocycles. The van der Waals surface area contributed by atoms with Gasteiger partial charge < -0.3 is 24.3 Å². The molecule has 6 heteroatoms. The van der Waals surface area contributed by atoms with Crippen LogP contribution in [0.5, 0.6) is 23.0 Å². The molecule has 0 bridgehead atoms. The molecule has 3 aromatic rings. The molecule has 0 unspecified atom stereocenters. The highest BCUT2D eigenvalue weighted by molar-refractivity contribution is 6.05. The molecule has 3 rings (SSSR count). The number of nitrogens with one attached hydrogen (secondary N) is 1. The Morgan fingerprint density at radius 1 is 0.759 bits per heavy atom. The summed E-state index contributed by atoms with van der Waals surface area (Å²) in [4.78, 5) is 12.5. The number of hydrogen-bond acceptors (Lipinski definition) is 5. The van der Waals surface area contributed by atoms with Crippen LogP contribution in [0.4, 0.5) is 5.69 Å². The van der Waals surface area contributed by atoms with Crippen molar-refractivity contribution in [2.45, 2.75) is 0 Å². The lowest BCUT2D eigenvalue weighted by atomic mass is 10.2. The Labute approximate surface area is 170 Å². The number of carbonyl (C=O) groups excluding carboxylic acids is 1. The standard InChI is InChI=1S/C23H23NO5/c1-26-20-12-13-22(27-2)21(16-20)24-23(25)17-8-10-19(11-9-17)29-15-14-28-18-6-4-3-5-7-18/h3-13,16H,14-15H2,1-2H3,(H,24,25). The van der Waals surface area contributed by atoms with E-state index in [4.69, 9.17) is 18.9 Å². The molecule has 0 fully saturated rings. The summed E-state index contributed by atoms with van der Waals surface area (Å²) in [5.41, 5.74) is 1.04. The SMILES string of the molecule is COc1ccc(OC)c(NC(=O)c2ccc(OCCOc3ccccc3)cc2)c1. The molecule has 0 heterocycles. The Morgan fingerprint density at radius 3 is 2.00 bits per heavy atom. The third-order valence-electron chi connectivity index (χ3n) is 4.14. The van der Waals surface area contributed by atoms with Crippen molar-refractivity contribution in [3.05, 3.63) is 78.4 Å². The first-order chi connectivity index (χ1) is 14.2. The summed E-state index contributed by atoms with van der Waals surface area (Å²) in [6.45, 7) is 0.837. The van der Waals surface area contributed by atoms with Crippen LogP contribution in [0, 0.1) is 0 Å². The molecule has 1 amide bonds. The van der Waals surface area contributed by atoms with Crippen LogP contribution in [0.2, 0.25) is 0 Å². The van der Waals surface area contributed by atoms with E-state index < -0.39 is 0 Å². The summed E-state index contributed by atoms with van der Waals surface area (Å²) in [7, 11) is 3.11. The van der Waals surface area contributed by atoms with Gasteiger partial charge in [0.15, 0.2) is 0 Å². The molecule has 150 valence electrons. The molecule has 0 aliphatic rings. The molecule has 6 nitrogen and oxygen atoms in total. The Bertz CT molecular complexity index is 926. The molecular formula is C23H23NO5. The predicted molar refractivity (Wildman–Crippen MR) is 111 cm³/mol. The first-order valence-corrected chi connectivity index (χ1v) is 9.13. The number of amides is 1. The highest BCUT2D eigenvalue weighted by Gasteiger charge is 2.11. The van der Waals surface area contributed by atoms with Gasteiger partial charge in [0.25, 0.3) is 5.91 Å². The lowest BCUT2D eigenvalue weighted by Gasteiger charge is -2.12. The molecule has 0 radical (unpaired) electrons. The predicted octanol–water partition coefficient (Wildman–Crippen LogP) is 4.41. The Balaban J connectivity index is 1.53. The van der Waals surface area contributed by atoms with Crippen molar-refractivity contribution < 1.29 is 23.7 Å². The largest absolute Gasteiger partial charge is 0.497 e. The zero-order chi connectivity index (χ0) is 20.5. The average molecular weight is 393 g/mol. The maximum absolute atomic E-state index is 12.5. The summed E-state index contributed by atoms with van der Waals surface area (Å²) in [6, 6.07) is 21.7. The lowest BCUT2D eigenvalue weighted by Crippen LogP contribution is -2.13. The molecule has 1 N–H and O–H groups in total. The number of para-hydroxylation sites is 1. The van der Waals surface area contributed by atoms with Crippen molar-refractivity contribution in [1.82, 2.24) is 0 Å². The highest BCUT2D eigenvalue weighted by atomic mass is 16.5. The number of ether oxygens (including phenoxy) is 4. The summed E-state index contributed by atoms with van der Waals surface area (Å²) in [5.74, 6) is 2.39. The first-order valence-electron chi connectivity index (χ1n) is 9.13. The van der Waals surface area contributed by atoms with Gasteiger partial charge in [-0.3, -0.25) is 4.79 Å². The first kappa shape index (κ1) is 20.1. The van der Waals surface area contributed by atoms with Gasteiger partial charge in [-0.1, -0.05) is 18.2 Å². The molecule has 0 saturated heterocycles. The third kappa shape index (κ3) is 5.65.